The number of anilines is 1. The lowest BCUT2D eigenvalue weighted by Crippen LogP contribution is -2.18. The average molecular weight is 382 g/mol. The van der Waals surface area contributed by atoms with Crippen LogP contribution in [0.1, 0.15) is 21.6 Å². The van der Waals surface area contributed by atoms with Gasteiger partial charge in [-0.2, -0.15) is 0 Å². The van der Waals surface area contributed by atoms with E-state index in [1.165, 1.54) is 24.3 Å². The van der Waals surface area contributed by atoms with Gasteiger partial charge in [-0.25, -0.2) is 8.78 Å². The van der Waals surface area contributed by atoms with E-state index >= 15 is 0 Å². The van der Waals surface area contributed by atoms with E-state index in [0.717, 1.165) is 15.8 Å². The van der Waals surface area contributed by atoms with E-state index in [0.29, 0.717) is 23.5 Å². The van der Waals surface area contributed by atoms with Crippen molar-refractivity contribution >= 4 is 33.1 Å². The number of hydrogen-bond donors (Lipinski definition) is 1. The molecule has 4 aromatic rings. The lowest BCUT2D eigenvalue weighted by atomic mass is 10.2. The fraction of sp³-hybridized carbons (Fsp3) is 0.0952. The van der Waals surface area contributed by atoms with E-state index in [9.17, 15) is 13.6 Å². The molecule has 0 aliphatic heterocycles. The van der Waals surface area contributed by atoms with Gasteiger partial charge >= 0.3 is 0 Å². The molecule has 1 amide bonds. The molecule has 0 unspecified atom stereocenters. The summed E-state index contributed by atoms with van der Waals surface area (Å²) in [6, 6.07) is 14.3. The Bertz CT molecular complexity index is 1130. The molecule has 0 fully saturated rings. The number of carbonyl (C=O) groups excluding carboxylic acids is 1. The molecular weight excluding hydrogens is 366 g/mol. The second-order valence-electron chi connectivity index (χ2n) is 6.33. The highest BCUT2D eigenvalue weighted by Crippen LogP contribution is 2.27. The number of thiophene rings is 1. The van der Waals surface area contributed by atoms with Crippen LogP contribution in [0.2, 0.25) is 0 Å². The maximum atomic E-state index is 13.3. The monoisotopic (exact) mass is 382 g/mol. The fourth-order valence-electron chi connectivity index (χ4n) is 3.06. The summed E-state index contributed by atoms with van der Waals surface area (Å²) >= 11 is 1.55. The van der Waals surface area contributed by atoms with Gasteiger partial charge in [-0.3, -0.25) is 4.79 Å². The Hall–Kier alpha value is -2.99. The molecule has 0 aliphatic rings. The van der Waals surface area contributed by atoms with E-state index in [1.807, 2.05) is 22.1 Å². The number of halogens is 2. The first-order valence-corrected chi connectivity index (χ1v) is 9.28. The van der Waals surface area contributed by atoms with Crippen LogP contribution < -0.4 is 5.32 Å². The molecule has 2 aromatic heterocycles. The molecule has 0 saturated heterocycles. The molecule has 1 N–H and O–H groups in total. The number of hydrogen-bond acceptors (Lipinski definition) is 2. The van der Waals surface area contributed by atoms with E-state index in [1.54, 1.807) is 36.5 Å². The summed E-state index contributed by atoms with van der Waals surface area (Å²) in [7, 11) is 0. The lowest BCUT2D eigenvalue weighted by molar-refractivity contribution is 0.101. The maximum absolute atomic E-state index is 13.3. The number of nitrogens with one attached hydrogen (secondary N) is 1. The number of nitrogens with zero attached hydrogens (tertiary/aromatic N) is 1. The predicted molar refractivity (Wildman–Crippen MR) is 104 cm³/mol. The Labute approximate surface area is 158 Å². The number of amides is 1. The molecule has 4 rings (SSSR count). The highest BCUT2D eigenvalue weighted by molar-refractivity contribution is 7.17. The van der Waals surface area contributed by atoms with Crippen molar-refractivity contribution in [2.75, 3.05) is 5.32 Å². The summed E-state index contributed by atoms with van der Waals surface area (Å²) in [5.74, 6) is -0.905. The van der Waals surface area contributed by atoms with Gasteiger partial charge in [0.1, 0.15) is 17.3 Å². The third-order valence-electron chi connectivity index (χ3n) is 4.45. The van der Waals surface area contributed by atoms with Crippen molar-refractivity contribution in [3.63, 3.8) is 0 Å². The first kappa shape index (κ1) is 17.4. The van der Waals surface area contributed by atoms with Crippen LogP contribution in [0.3, 0.4) is 0 Å². The van der Waals surface area contributed by atoms with Crippen molar-refractivity contribution in [1.82, 2.24) is 4.57 Å². The number of rotatable bonds is 4. The van der Waals surface area contributed by atoms with Gasteiger partial charge in [-0.05, 0) is 65.9 Å². The van der Waals surface area contributed by atoms with Crippen LogP contribution in [-0.2, 0) is 6.54 Å². The zero-order valence-electron chi connectivity index (χ0n) is 14.5. The molecule has 27 heavy (non-hydrogen) atoms. The number of fused-ring (bicyclic) bond motifs is 1. The number of aromatic nitrogens is 1. The van der Waals surface area contributed by atoms with Crippen molar-refractivity contribution in [3.8, 4) is 0 Å². The second-order valence-corrected chi connectivity index (χ2v) is 7.27. The summed E-state index contributed by atoms with van der Waals surface area (Å²) in [6.07, 6.45) is 0. The minimum atomic E-state index is -0.342. The summed E-state index contributed by atoms with van der Waals surface area (Å²) < 4.78 is 29.4. The average Bonchev–Trinajstić information content (AvgIpc) is 3.22. The maximum Gasteiger partial charge on any atom is 0.272 e. The van der Waals surface area contributed by atoms with Crippen LogP contribution in [0.4, 0.5) is 14.5 Å². The van der Waals surface area contributed by atoms with Crippen LogP contribution in [0.25, 0.3) is 10.2 Å². The third-order valence-corrected chi connectivity index (χ3v) is 5.30. The molecule has 0 saturated carbocycles. The van der Waals surface area contributed by atoms with Gasteiger partial charge in [-0.15, -0.1) is 11.3 Å². The summed E-state index contributed by atoms with van der Waals surface area (Å²) in [4.78, 5) is 12.9. The number of carbonyl (C=O) groups is 1. The highest BCUT2D eigenvalue weighted by Gasteiger charge is 2.17. The smallest absolute Gasteiger partial charge is 0.272 e. The lowest BCUT2D eigenvalue weighted by Gasteiger charge is -2.12. The van der Waals surface area contributed by atoms with Gasteiger partial charge < -0.3 is 9.88 Å². The van der Waals surface area contributed by atoms with E-state index in [4.69, 9.17) is 0 Å². The second kappa shape index (κ2) is 6.96. The van der Waals surface area contributed by atoms with E-state index in [-0.39, 0.29) is 17.5 Å². The Morgan fingerprint density at radius 1 is 1.04 bits per heavy atom. The summed E-state index contributed by atoms with van der Waals surface area (Å²) in [5, 5.41) is 4.83. The van der Waals surface area contributed by atoms with Gasteiger partial charge in [0.2, 0.25) is 0 Å². The Morgan fingerprint density at radius 2 is 1.78 bits per heavy atom. The molecule has 0 radical (unpaired) electrons. The van der Waals surface area contributed by atoms with Gasteiger partial charge in [-0.1, -0.05) is 12.1 Å². The topological polar surface area (TPSA) is 34.0 Å². The van der Waals surface area contributed by atoms with Crippen molar-refractivity contribution in [1.29, 1.82) is 0 Å². The fourth-order valence-corrected chi connectivity index (χ4v) is 3.88. The van der Waals surface area contributed by atoms with Crippen LogP contribution >= 0.6 is 11.3 Å². The quantitative estimate of drug-likeness (QED) is 0.490. The number of benzene rings is 2. The SMILES string of the molecule is Cc1cc(F)ccc1NC(=O)c1cc2sccc2n1Cc1ccc(F)cc1. The van der Waals surface area contributed by atoms with Crippen LogP contribution in [-0.4, -0.2) is 10.5 Å². The summed E-state index contributed by atoms with van der Waals surface area (Å²) in [6.45, 7) is 2.19. The molecule has 2 aromatic carbocycles. The molecule has 136 valence electrons. The van der Waals surface area contributed by atoms with Crippen LogP contribution in [0.15, 0.2) is 60.0 Å². The molecule has 0 atom stereocenters. The molecule has 2 heterocycles. The van der Waals surface area contributed by atoms with Crippen molar-refractivity contribution in [2.24, 2.45) is 0 Å². The molecule has 6 heteroatoms. The third kappa shape index (κ3) is 3.48. The standard InChI is InChI=1S/C21H16F2N2OS/c1-13-10-16(23)6-7-17(13)24-21(26)19-11-20-18(8-9-27-20)25(19)12-14-2-4-15(22)5-3-14/h2-11H,12H2,1H3,(H,24,26). The molecule has 0 spiro atoms. The van der Waals surface area contributed by atoms with Crippen LogP contribution in [0.5, 0.6) is 0 Å². The van der Waals surface area contributed by atoms with Crippen molar-refractivity contribution < 1.29 is 13.6 Å². The minimum absolute atomic E-state index is 0.268. The van der Waals surface area contributed by atoms with Gasteiger partial charge in [0.05, 0.1) is 10.2 Å². The highest BCUT2D eigenvalue weighted by atomic mass is 32.1. The van der Waals surface area contributed by atoms with Crippen LogP contribution in [0, 0.1) is 18.6 Å². The normalized spacial score (nSPS) is 11.1. The van der Waals surface area contributed by atoms with Crippen molar-refractivity contribution in [3.05, 3.63) is 88.4 Å². The van der Waals surface area contributed by atoms with Gasteiger partial charge in [0.25, 0.3) is 5.91 Å². The zero-order valence-corrected chi connectivity index (χ0v) is 15.3. The molecule has 3 nitrogen and oxygen atoms in total. The van der Waals surface area contributed by atoms with Crippen molar-refractivity contribution in [2.45, 2.75) is 13.5 Å². The minimum Gasteiger partial charge on any atom is -0.331 e. The summed E-state index contributed by atoms with van der Waals surface area (Å²) in [5.41, 5.74) is 3.57. The zero-order chi connectivity index (χ0) is 19.0. The van der Waals surface area contributed by atoms with Gasteiger partial charge in [0.15, 0.2) is 0 Å². The van der Waals surface area contributed by atoms with E-state index < -0.39 is 0 Å². The Kier molecular flexibility index (Phi) is 4.49. The number of aryl methyl sites for hydroxylation is 1. The Morgan fingerprint density at radius 3 is 2.52 bits per heavy atom. The first-order chi connectivity index (χ1) is 13.0. The first-order valence-electron chi connectivity index (χ1n) is 8.40. The largest absolute Gasteiger partial charge is 0.331 e. The van der Waals surface area contributed by atoms with Gasteiger partial charge in [0, 0.05) is 12.2 Å². The molecular formula is C21H16F2N2OS. The predicted octanol–water partition coefficient (Wildman–Crippen LogP) is 5.59. The molecule has 0 bridgehead atoms. The Balaban J connectivity index is 1.69. The molecule has 0 aliphatic carbocycles. The van der Waals surface area contributed by atoms with E-state index in [2.05, 4.69) is 5.32 Å².